The Labute approximate surface area is 118 Å². The molecule has 19 heavy (non-hydrogen) atoms. The number of hydrogen-bond acceptors (Lipinski definition) is 0. The Hall–Kier alpha value is -1.79. The summed E-state index contributed by atoms with van der Waals surface area (Å²) in [5.74, 6) is 0. The third kappa shape index (κ3) is 2.13. The molecule has 94 valence electrons. The van der Waals surface area contributed by atoms with Gasteiger partial charge in [0.15, 0.2) is 0 Å². The molecule has 0 heterocycles. The molecule has 0 fully saturated rings. The molecule has 0 N–H and O–H groups in total. The predicted molar refractivity (Wildman–Crippen MR) is 83.8 cm³/mol. The molecule has 0 aliphatic heterocycles. The molecular weight excluding hydrogens is 252 g/mol. The van der Waals surface area contributed by atoms with Crippen LogP contribution in [0.15, 0.2) is 60.7 Å². The minimum Gasteiger partial charge on any atom is -0.0833 e. The Morgan fingerprint density at radius 3 is 2.32 bits per heavy atom. The molecule has 0 bridgehead atoms. The van der Waals surface area contributed by atoms with E-state index in [0.717, 1.165) is 17.0 Å². The van der Waals surface area contributed by atoms with Crippen molar-refractivity contribution < 1.29 is 0 Å². The van der Waals surface area contributed by atoms with E-state index in [1.807, 2.05) is 6.07 Å². The van der Waals surface area contributed by atoms with E-state index in [2.05, 4.69) is 61.5 Å². The third-order valence-corrected chi connectivity index (χ3v) is 3.94. The fourth-order valence-electron chi connectivity index (χ4n) is 2.52. The summed E-state index contributed by atoms with van der Waals surface area (Å²) in [6, 6.07) is 21.0. The van der Waals surface area contributed by atoms with Crippen LogP contribution in [0.5, 0.6) is 0 Å². The van der Waals surface area contributed by atoms with Gasteiger partial charge >= 0.3 is 0 Å². The van der Waals surface area contributed by atoms with Gasteiger partial charge in [0, 0.05) is 5.56 Å². The first-order valence-electron chi connectivity index (χ1n) is 6.57. The first kappa shape index (κ1) is 12.3. The van der Waals surface area contributed by atoms with Crippen molar-refractivity contribution in [3.8, 4) is 11.1 Å². The van der Waals surface area contributed by atoms with Gasteiger partial charge in [-0.2, -0.15) is 0 Å². The van der Waals surface area contributed by atoms with Crippen LogP contribution < -0.4 is 0 Å². The van der Waals surface area contributed by atoms with Gasteiger partial charge in [-0.1, -0.05) is 73.1 Å². The molecule has 0 aliphatic carbocycles. The van der Waals surface area contributed by atoms with Crippen molar-refractivity contribution in [2.24, 2.45) is 0 Å². The van der Waals surface area contributed by atoms with Crippen LogP contribution in [0.1, 0.15) is 12.5 Å². The molecule has 0 aromatic heterocycles. The minimum atomic E-state index is 0.882. The summed E-state index contributed by atoms with van der Waals surface area (Å²) in [4.78, 5) is 0. The zero-order chi connectivity index (χ0) is 13.2. The molecule has 3 rings (SSSR count). The number of benzene rings is 3. The smallest absolute Gasteiger partial charge is 0.0522 e. The second-order valence-corrected chi connectivity index (χ2v) is 5.04. The van der Waals surface area contributed by atoms with Crippen LogP contribution in [0.4, 0.5) is 0 Å². The van der Waals surface area contributed by atoms with E-state index in [0.29, 0.717) is 0 Å². The van der Waals surface area contributed by atoms with Crippen molar-refractivity contribution in [1.29, 1.82) is 0 Å². The molecule has 0 unspecified atom stereocenters. The monoisotopic (exact) mass is 266 g/mol. The van der Waals surface area contributed by atoms with Crippen molar-refractivity contribution in [2.45, 2.75) is 13.3 Å². The minimum absolute atomic E-state index is 0.882. The van der Waals surface area contributed by atoms with Gasteiger partial charge in [0.2, 0.25) is 0 Å². The highest BCUT2D eigenvalue weighted by Crippen LogP contribution is 2.37. The van der Waals surface area contributed by atoms with Gasteiger partial charge in [0.1, 0.15) is 0 Å². The Balaban J connectivity index is 2.41. The van der Waals surface area contributed by atoms with Crippen molar-refractivity contribution in [3.63, 3.8) is 0 Å². The van der Waals surface area contributed by atoms with Crippen molar-refractivity contribution in [3.05, 3.63) is 71.2 Å². The standard InChI is InChI=1S/C18H15Cl/c1-2-13-12-15-10-6-7-11-16(15)17(18(13)19)14-8-4-3-5-9-14/h3-12H,2H2,1H3. The average molecular weight is 267 g/mol. The normalized spacial score (nSPS) is 10.8. The Morgan fingerprint density at radius 2 is 1.58 bits per heavy atom. The zero-order valence-corrected chi connectivity index (χ0v) is 11.6. The molecule has 1 heteroatoms. The van der Waals surface area contributed by atoms with E-state index >= 15 is 0 Å². The number of hydrogen-bond donors (Lipinski definition) is 0. The molecule has 0 amide bonds. The fourth-order valence-corrected chi connectivity index (χ4v) is 2.92. The van der Waals surface area contributed by atoms with Gasteiger partial charge < -0.3 is 0 Å². The number of fused-ring (bicyclic) bond motifs is 1. The molecular formula is C18H15Cl. The lowest BCUT2D eigenvalue weighted by atomic mass is 9.94. The summed E-state index contributed by atoms with van der Waals surface area (Å²) in [6.07, 6.45) is 0.948. The van der Waals surface area contributed by atoms with E-state index in [1.165, 1.54) is 21.9 Å². The quantitative estimate of drug-likeness (QED) is 0.556. The summed E-state index contributed by atoms with van der Waals surface area (Å²) in [5.41, 5.74) is 3.54. The van der Waals surface area contributed by atoms with E-state index < -0.39 is 0 Å². The highest BCUT2D eigenvalue weighted by Gasteiger charge is 2.12. The van der Waals surface area contributed by atoms with Gasteiger partial charge in [0.25, 0.3) is 0 Å². The predicted octanol–water partition coefficient (Wildman–Crippen LogP) is 5.72. The molecule has 0 saturated carbocycles. The van der Waals surface area contributed by atoms with Crippen LogP contribution in [-0.4, -0.2) is 0 Å². The van der Waals surface area contributed by atoms with Gasteiger partial charge in [-0.3, -0.25) is 0 Å². The summed E-state index contributed by atoms with van der Waals surface area (Å²) in [7, 11) is 0. The van der Waals surface area contributed by atoms with Crippen molar-refractivity contribution >= 4 is 22.4 Å². The fraction of sp³-hybridized carbons (Fsp3) is 0.111. The molecule has 0 nitrogen and oxygen atoms in total. The lowest BCUT2D eigenvalue weighted by Gasteiger charge is -2.13. The second kappa shape index (κ2) is 5.07. The molecule has 0 spiro atoms. The van der Waals surface area contributed by atoms with Crippen LogP contribution in [0, 0.1) is 0 Å². The maximum Gasteiger partial charge on any atom is 0.0522 e. The third-order valence-electron chi connectivity index (χ3n) is 3.50. The van der Waals surface area contributed by atoms with Gasteiger partial charge in [0.05, 0.1) is 5.02 Å². The largest absolute Gasteiger partial charge is 0.0833 e. The molecule has 0 atom stereocenters. The van der Waals surface area contributed by atoms with Gasteiger partial charge in [-0.25, -0.2) is 0 Å². The second-order valence-electron chi connectivity index (χ2n) is 4.67. The van der Waals surface area contributed by atoms with Crippen LogP contribution >= 0.6 is 11.6 Å². The van der Waals surface area contributed by atoms with Crippen LogP contribution in [0.3, 0.4) is 0 Å². The maximum absolute atomic E-state index is 6.62. The first-order valence-corrected chi connectivity index (χ1v) is 6.94. The summed E-state index contributed by atoms with van der Waals surface area (Å²) >= 11 is 6.62. The van der Waals surface area contributed by atoms with Crippen LogP contribution in [0.25, 0.3) is 21.9 Å². The topological polar surface area (TPSA) is 0 Å². The molecule has 0 radical (unpaired) electrons. The number of halogens is 1. The summed E-state index contributed by atoms with van der Waals surface area (Å²) in [6.45, 7) is 2.14. The van der Waals surface area contributed by atoms with E-state index in [1.54, 1.807) is 0 Å². The lowest BCUT2D eigenvalue weighted by molar-refractivity contribution is 1.15. The average Bonchev–Trinajstić information content (AvgIpc) is 2.47. The highest BCUT2D eigenvalue weighted by atomic mass is 35.5. The summed E-state index contributed by atoms with van der Waals surface area (Å²) < 4.78 is 0. The number of aryl methyl sites for hydroxylation is 1. The van der Waals surface area contributed by atoms with Crippen LogP contribution in [0.2, 0.25) is 5.02 Å². The lowest BCUT2D eigenvalue weighted by Crippen LogP contribution is -1.89. The first-order chi connectivity index (χ1) is 9.31. The van der Waals surface area contributed by atoms with Crippen LogP contribution in [-0.2, 0) is 6.42 Å². The summed E-state index contributed by atoms with van der Waals surface area (Å²) in [5, 5.41) is 3.35. The molecule has 3 aromatic carbocycles. The molecule has 0 aliphatic rings. The zero-order valence-electron chi connectivity index (χ0n) is 10.9. The number of rotatable bonds is 2. The van der Waals surface area contributed by atoms with E-state index in [-0.39, 0.29) is 0 Å². The Kier molecular flexibility index (Phi) is 3.27. The highest BCUT2D eigenvalue weighted by molar-refractivity contribution is 6.36. The molecule has 3 aromatic rings. The van der Waals surface area contributed by atoms with Gasteiger partial charge in [-0.15, -0.1) is 0 Å². The van der Waals surface area contributed by atoms with E-state index in [4.69, 9.17) is 11.6 Å². The SMILES string of the molecule is CCc1cc2ccccc2c(-c2ccccc2)c1Cl. The van der Waals surface area contributed by atoms with E-state index in [9.17, 15) is 0 Å². The Bertz CT molecular complexity index is 714. The van der Waals surface area contributed by atoms with Crippen molar-refractivity contribution in [2.75, 3.05) is 0 Å². The maximum atomic E-state index is 6.62. The van der Waals surface area contributed by atoms with Crippen molar-refractivity contribution in [1.82, 2.24) is 0 Å². The molecule has 0 saturated heterocycles. The Morgan fingerprint density at radius 1 is 0.895 bits per heavy atom. The van der Waals surface area contributed by atoms with Gasteiger partial charge in [-0.05, 0) is 34.4 Å².